The summed E-state index contributed by atoms with van der Waals surface area (Å²) < 4.78 is 100. The standard InChI is InChI=1S/C18H13ClF5N3O3S/c1-7(2)5-11-25-18(30-26-11)9-6-8(19)3-4-10(9)27-31(28,29)17-15(23)13(21)12(20)14(22)16(17)24/h3-4,6-7,27H,5H2,1-2H3. The van der Waals surface area contributed by atoms with Gasteiger partial charge in [0.15, 0.2) is 34.0 Å². The van der Waals surface area contributed by atoms with E-state index in [4.69, 9.17) is 16.1 Å². The molecule has 166 valence electrons. The molecule has 2 aromatic carbocycles. The number of benzene rings is 2. The molecular formula is C18H13ClF5N3O3S. The minimum absolute atomic E-state index is 0.0672. The predicted octanol–water partition coefficient (Wildman–Crippen LogP) is 5.08. The molecule has 1 aromatic heterocycles. The van der Waals surface area contributed by atoms with Crippen molar-refractivity contribution in [1.82, 2.24) is 10.1 Å². The lowest BCUT2D eigenvalue weighted by Gasteiger charge is -2.13. The fourth-order valence-corrected chi connectivity index (χ4v) is 4.00. The summed E-state index contributed by atoms with van der Waals surface area (Å²) in [6.45, 7) is 3.80. The Kier molecular flexibility index (Phi) is 6.23. The summed E-state index contributed by atoms with van der Waals surface area (Å²) in [7, 11) is -5.27. The zero-order chi connectivity index (χ0) is 23.1. The first-order valence-electron chi connectivity index (χ1n) is 8.59. The first-order valence-corrected chi connectivity index (χ1v) is 10.4. The summed E-state index contributed by atoms with van der Waals surface area (Å²) in [6.07, 6.45) is 0.440. The maximum absolute atomic E-state index is 14.0. The summed E-state index contributed by atoms with van der Waals surface area (Å²) in [5, 5.41) is 3.87. The Bertz CT molecular complexity index is 1240. The molecule has 0 unspecified atom stereocenters. The molecule has 0 aliphatic heterocycles. The van der Waals surface area contributed by atoms with Crippen LogP contribution in [-0.2, 0) is 16.4 Å². The molecule has 31 heavy (non-hydrogen) atoms. The number of nitrogens with one attached hydrogen (secondary N) is 1. The Morgan fingerprint density at radius 1 is 1.03 bits per heavy atom. The summed E-state index contributed by atoms with van der Waals surface area (Å²) >= 11 is 5.93. The van der Waals surface area contributed by atoms with Crippen LogP contribution in [0.1, 0.15) is 19.7 Å². The molecule has 3 rings (SSSR count). The molecule has 0 amide bonds. The van der Waals surface area contributed by atoms with Gasteiger partial charge in [0.2, 0.25) is 5.82 Å². The Labute approximate surface area is 178 Å². The summed E-state index contributed by atoms with van der Waals surface area (Å²) in [6, 6.07) is 3.56. The molecule has 0 bridgehead atoms. The van der Waals surface area contributed by atoms with Gasteiger partial charge >= 0.3 is 0 Å². The van der Waals surface area contributed by atoms with Gasteiger partial charge in [0.1, 0.15) is 0 Å². The molecular weight excluding hydrogens is 469 g/mol. The molecule has 1 heterocycles. The molecule has 13 heteroatoms. The maximum atomic E-state index is 14.0. The number of anilines is 1. The van der Waals surface area contributed by atoms with Crippen LogP contribution >= 0.6 is 11.6 Å². The van der Waals surface area contributed by atoms with Crippen molar-refractivity contribution in [3.05, 3.63) is 58.1 Å². The Morgan fingerprint density at radius 3 is 2.19 bits per heavy atom. The SMILES string of the molecule is CC(C)Cc1noc(-c2cc(Cl)ccc2NS(=O)(=O)c2c(F)c(F)c(F)c(F)c2F)n1. The molecule has 0 saturated carbocycles. The topological polar surface area (TPSA) is 85.1 Å². The number of hydrogen-bond donors (Lipinski definition) is 1. The van der Waals surface area contributed by atoms with Crippen LogP contribution in [0.15, 0.2) is 27.6 Å². The van der Waals surface area contributed by atoms with Crippen LogP contribution in [0.5, 0.6) is 0 Å². The smallest absolute Gasteiger partial charge is 0.268 e. The highest BCUT2D eigenvalue weighted by Gasteiger charge is 2.34. The predicted molar refractivity (Wildman–Crippen MR) is 100 cm³/mol. The second-order valence-electron chi connectivity index (χ2n) is 6.81. The third-order valence-corrected chi connectivity index (χ3v) is 5.57. The Hall–Kier alpha value is -2.73. The summed E-state index contributed by atoms with van der Waals surface area (Å²) in [5.74, 6) is -12.0. The van der Waals surface area contributed by atoms with E-state index in [1.807, 2.05) is 13.8 Å². The molecule has 0 atom stereocenters. The minimum atomic E-state index is -5.27. The zero-order valence-corrected chi connectivity index (χ0v) is 17.4. The van der Waals surface area contributed by atoms with Gasteiger partial charge in [0.05, 0.1) is 11.3 Å². The van der Waals surface area contributed by atoms with Crippen LogP contribution in [0.3, 0.4) is 0 Å². The van der Waals surface area contributed by atoms with Crippen molar-refractivity contribution >= 4 is 27.3 Å². The van der Waals surface area contributed by atoms with Crippen molar-refractivity contribution in [2.45, 2.75) is 25.2 Å². The first kappa shape index (κ1) is 22.9. The van der Waals surface area contributed by atoms with Crippen LogP contribution in [0.25, 0.3) is 11.5 Å². The van der Waals surface area contributed by atoms with E-state index < -0.39 is 44.0 Å². The van der Waals surface area contributed by atoms with Crippen LogP contribution in [0.4, 0.5) is 27.6 Å². The number of sulfonamides is 1. The lowest BCUT2D eigenvalue weighted by atomic mass is 10.1. The normalized spacial score (nSPS) is 11.9. The molecule has 0 aliphatic rings. The van der Waals surface area contributed by atoms with Gasteiger partial charge in [0.25, 0.3) is 15.9 Å². The number of rotatable bonds is 6. The van der Waals surface area contributed by atoms with Gasteiger partial charge in [0, 0.05) is 11.4 Å². The number of aromatic nitrogens is 2. The van der Waals surface area contributed by atoms with E-state index in [9.17, 15) is 30.4 Å². The second-order valence-corrected chi connectivity index (χ2v) is 8.86. The average Bonchev–Trinajstić information content (AvgIpc) is 3.13. The summed E-state index contributed by atoms with van der Waals surface area (Å²) in [4.78, 5) is 2.08. The molecule has 3 aromatic rings. The third kappa shape index (κ3) is 4.49. The maximum Gasteiger partial charge on any atom is 0.268 e. The zero-order valence-electron chi connectivity index (χ0n) is 15.8. The van der Waals surface area contributed by atoms with E-state index in [-0.39, 0.29) is 28.1 Å². The van der Waals surface area contributed by atoms with E-state index in [0.29, 0.717) is 12.2 Å². The number of halogens is 6. The number of hydrogen-bond acceptors (Lipinski definition) is 5. The first-order chi connectivity index (χ1) is 14.4. The van der Waals surface area contributed by atoms with Gasteiger partial charge in [-0.05, 0) is 24.1 Å². The quantitative estimate of drug-likeness (QED) is 0.301. The monoisotopic (exact) mass is 481 g/mol. The van der Waals surface area contributed by atoms with Crippen molar-refractivity contribution in [3.63, 3.8) is 0 Å². The lowest BCUT2D eigenvalue weighted by molar-refractivity contribution is 0.358. The van der Waals surface area contributed by atoms with E-state index in [0.717, 1.165) is 6.07 Å². The van der Waals surface area contributed by atoms with Crippen LogP contribution < -0.4 is 4.72 Å². The molecule has 0 radical (unpaired) electrons. The third-order valence-electron chi connectivity index (χ3n) is 3.95. The largest absolute Gasteiger partial charge is 0.334 e. The van der Waals surface area contributed by atoms with E-state index in [1.165, 1.54) is 12.1 Å². The van der Waals surface area contributed by atoms with Crippen LogP contribution in [0.2, 0.25) is 5.02 Å². The Balaban J connectivity index is 2.09. The fourth-order valence-electron chi connectivity index (χ4n) is 2.61. The highest BCUT2D eigenvalue weighted by molar-refractivity contribution is 7.92. The van der Waals surface area contributed by atoms with Crippen molar-refractivity contribution in [1.29, 1.82) is 0 Å². The van der Waals surface area contributed by atoms with E-state index in [1.54, 1.807) is 4.72 Å². The summed E-state index contributed by atoms with van der Waals surface area (Å²) in [5.41, 5.74) is -0.407. The van der Waals surface area contributed by atoms with Gasteiger partial charge in [-0.2, -0.15) is 4.98 Å². The van der Waals surface area contributed by atoms with Crippen LogP contribution in [0, 0.1) is 35.0 Å². The molecule has 0 fully saturated rings. The van der Waals surface area contributed by atoms with Crippen molar-refractivity contribution in [2.75, 3.05) is 4.72 Å². The van der Waals surface area contributed by atoms with E-state index in [2.05, 4.69) is 10.1 Å². The minimum Gasteiger partial charge on any atom is -0.334 e. The highest BCUT2D eigenvalue weighted by atomic mass is 35.5. The molecule has 6 nitrogen and oxygen atoms in total. The molecule has 0 aliphatic carbocycles. The lowest BCUT2D eigenvalue weighted by Crippen LogP contribution is -2.20. The van der Waals surface area contributed by atoms with Gasteiger partial charge in [-0.3, -0.25) is 4.72 Å². The van der Waals surface area contributed by atoms with Crippen LogP contribution in [-0.4, -0.2) is 18.6 Å². The van der Waals surface area contributed by atoms with Gasteiger partial charge < -0.3 is 4.52 Å². The fraction of sp³-hybridized carbons (Fsp3) is 0.222. The van der Waals surface area contributed by atoms with Crippen molar-refractivity contribution < 1.29 is 34.9 Å². The number of nitrogens with zero attached hydrogens (tertiary/aromatic N) is 2. The Morgan fingerprint density at radius 2 is 1.61 bits per heavy atom. The van der Waals surface area contributed by atoms with Gasteiger partial charge in [-0.25, -0.2) is 30.4 Å². The average molecular weight is 482 g/mol. The second kappa shape index (κ2) is 8.42. The van der Waals surface area contributed by atoms with Gasteiger partial charge in [-0.15, -0.1) is 0 Å². The van der Waals surface area contributed by atoms with E-state index >= 15 is 0 Å². The highest BCUT2D eigenvalue weighted by Crippen LogP contribution is 2.33. The molecule has 0 saturated heterocycles. The van der Waals surface area contributed by atoms with Gasteiger partial charge in [-0.1, -0.05) is 30.6 Å². The molecule has 0 spiro atoms. The van der Waals surface area contributed by atoms with Crippen molar-refractivity contribution in [3.8, 4) is 11.5 Å². The molecule has 1 N–H and O–H groups in total. The van der Waals surface area contributed by atoms with Crippen molar-refractivity contribution in [2.24, 2.45) is 5.92 Å².